The molecule has 0 rings (SSSR count). The fraction of sp³-hybridized carbons (Fsp3) is 1.00. The molecule has 0 aromatic rings. The van der Waals surface area contributed by atoms with Crippen LogP contribution in [0.2, 0.25) is 0 Å². The Morgan fingerprint density at radius 3 is 1.95 bits per heavy atom. The number of ether oxygens (including phenoxy) is 3. The molecule has 0 aliphatic rings. The fourth-order valence-corrected chi connectivity index (χ4v) is 1.56. The molecular weight excluding hydrogens is 244 g/mol. The molecule has 0 saturated carbocycles. The normalized spacial score (nSPS) is 16.3. The van der Waals surface area contributed by atoms with E-state index in [1.807, 2.05) is 20.8 Å². The van der Waals surface area contributed by atoms with Crippen molar-refractivity contribution >= 4 is 0 Å². The molecule has 19 heavy (non-hydrogen) atoms. The minimum atomic E-state index is -0.127. The Morgan fingerprint density at radius 2 is 1.37 bits per heavy atom. The van der Waals surface area contributed by atoms with Gasteiger partial charge in [0.1, 0.15) is 0 Å². The highest BCUT2D eigenvalue weighted by molar-refractivity contribution is 4.54. The van der Waals surface area contributed by atoms with Crippen molar-refractivity contribution in [2.75, 3.05) is 26.4 Å². The van der Waals surface area contributed by atoms with Crippen LogP contribution in [0.5, 0.6) is 0 Å². The summed E-state index contributed by atoms with van der Waals surface area (Å²) in [5.74, 6) is 0. The Bertz CT molecular complexity index is 187. The highest BCUT2D eigenvalue weighted by atomic mass is 16.6. The molecule has 0 aromatic carbocycles. The Balaban J connectivity index is 3.42. The van der Waals surface area contributed by atoms with Gasteiger partial charge in [0.2, 0.25) is 0 Å². The minimum absolute atomic E-state index is 0.0279. The van der Waals surface area contributed by atoms with E-state index in [0.29, 0.717) is 13.2 Å². The predicted molar refractivity (Wildman–Crippen MR) is 77.5 cm³/mol. The van der Waals surface area contributed by atoms with Crippen LogP contribution in [0.1, 0.15) is 53.4 Å². The van der Waals surface area contributed by atoms with Crippen molar-refractivity contribution in [3.8, 4) is 0 Å². The number of unbranched alkanes of at least 4 members (excludes halogenated alkanes) is 3. The first-order chi connectivity index (χ1) is 9.10. The van der Waals surface area contributed by atoms with Crippen LogP contribution >= 0.6 is 0 Å². The van der Waals surface area contributed by atoms with E-state index in [1.54, 1.807) is 0 Å². The van der Waals surface area contributed by atoms with E-state index in [2.05, 4.69) is 6.92 Å². The van der Waals surface area contributed by atoms with Crippen LogP contribution in [0.15, 0.2) is 0 Å². The van der Waals surface area contributed by atoms with Crippen LogP contribution in [0, 0.1) is 0 Å². The van der Waals surface area contributed by atoms with Crippen LogP contribution in [0.4, 0.5) is 0 Å². The molecular formula is C15H32O4. The van der Waals surface area contributed by atoms with Gasteiger partial charge in [0.15, 0.2) is 0 Å². The van der Waals surface area contributed by atoms with Crippen molar-refractivity contribution in [2.24, 2.45) is 0 Å². The molecule has 116 valence electrons. The van der Waals surface area contributed by atoms with Crippen molar-refractivity contribution in [1.82, 2.24) is 0 Å². The molecule has 0 radical (unpaired) electrons. The molecule has 0 fully saturated rings. The van der Waals surface area contributed by atoms with Crippen LogP contribution in [0.25, 0.3) is 0 Å². The molecule has 4 heteroatoms. The standard InChI is InChI=1S/C15H32O4/c1-5-6-7-8-9-17-14(3)11-19-15(4)12-18-13(2)10-16/h13-16H,5-12H2,1-4H3. The van der Waals surface area contributed by atoms with E-state index in [4.69, 9.17) is 19.3 Å². The molecule has 0 aliphatic heterocycles. The zero-order valence-electron chi connectivity index (χ0n) is 13.1. The summed E-state index contributed by atoms with van der Waals surface area (Å²) in [5.41, 5.74) is 0. The van der Waals surface area contributed by atoms with E-state index >= 15 is 0 Å². The van der Waals surface area contributed by atoms with Gasteiger partial charge in [-0.1, -0.05) is 26.2 Å². The number of hydrogen-bond acceptors (Lipinski definition) is 4. The average Bonchev–Trinajstić information content (AvgIpc) is 2.42. The van der Waals surface area contributed by atoms with Crippen LogP contribution in [-0.4, -0.2) is 49.8 Å². The highest BCUT2D eigenvalue weighted by Gasteiger charge is 2.09. The van der Waals surface area contributed by atoms with Gasteiger partial charge in [-0.05, 0) is 27.2 Å². The van der Waals surface area contributed by atoms with Gasteiger partial charge in [0.25, 0.3) is 0 Å². The van der Waals surface area contributed by atoms with Gasteiger partial charge in [-0.25, -0.2) is 0 Å². The summed E-state index contributed by atoms with van der Waals surface area (Å²) in [6.07, 6.45) is 4.93. The van der Waals surface area contributed by atoms with Crippen molar-refractivity contribution in [3.63, 3.8) is 0 Å². The summed E-state index contributed by atoms with van der Waals surface area (Å²) >= 11 is 0. The molecule has 0 spiro atoms. The second kappa shape index (κ2) is 12.9. The zero-order valence-corrected chi connectivity index (χ0v) is 13.1. The smallest absolute Gasteiger partial charge is 0.0781 e. The molecule has 3 unspecified atom stereocenters. The van der Waals surface area contributed by atoms with Crippen LogP contribution < -0.4 is 0 Å². The summed E-state index contributed by atoms with van der Waals surface area (Å²) < 4.78 is 16.7. The average molecular weight is 276 g/mol. The summed E-state index contributed by atoms with van der Waals surface area (Å²) in [7, 11) is 0. The first-order valence-electron chi connectivity index (χ1n) is 7.55. The first kappa shape index (κ1) is 18.8. The van der Waals surface area contributed by atoms with E-state index in [1.165, 1.54) is 19.3 Å². The summed E-state index contributed by atoms with van der Waals surface area (Å²) in [6, 6.07) is 0. The molecule has 4 nitrogen and oxygen atoms in total. The SMILES string of the molecule is CCCCCCOC(C)COC(C)COC(C)CO. The lowest BCUT2D eigenvalue weighted by molar-refractivity contribution is -0.0746. The molecule has 0 heterocycles. The third-order valence-corrected chi connectivity index (χ3v) is 2.89. The van der Waals surface area contributed by atoms with Gasteiger partial charge in [-0.3, -0.25) is 0 Å². The lowest BCUT2D eigenvalue weighted by Gasteiger charge is -2.19. The molecule has 3 atom stereocenters. The van der Waals surface area contributed by atoms with Gasteiger partial charge < -0.3 is 19.3 Å². The van der Waals surface area contributed by atoms with Gasteiger partial charge in [-0.15, -0.1) is 0 Å². The Kier molecular flexibility index (Phi) is 12.7. The second-order valence-electron chi connectivity index (χ2n) is 5.21. The third kappa shape index (κ3) is 12.6. The molecule has 0 amide bonds. The topological polar surface area (TPSA) is 47.9 Å². The lowest BCUT2D eigenvalue weighted by Crippen LogP contribution is -2.26. The number of aliphatic hydroxyl groups is 1. The van der Waals surface area contributed by atoms with E-state index < -0.39 is 0 Å². The lowest BCUT2D eigenvalue weighted by atomic mass is 10.2. The van der Waals surface area contributed by atoms with Crippen molar-refractivity contribution in [3.05, 3.63) is 0 Å². The van der Waals surface area contributed by atoms with Crippen molar-refractivity contribution < 1.29 is 19.3 Å². The summed E-state index contributed by atoms with van der Waals surface area (Å²) in [4.78, 5) is 0. The Labute approximate surface area is 118 Å². The quantitative estimate of drug-likeness (QED) is 0.525. The predicted octanol–water partition coefficient (Wildman–Crippen LogP) is 2.77. The number of aliphatic hydroxyl groups excluding tert-OH is 1. The van der Waals surface area contributed by atoms with Crippen LogP contribution in [0.3, 0.4) is 0 Å². The summed E-state index contributed by atoms with van der Waals surface area (Å²) in [5, 5.41) is 8.84. The molecule has 0 saturated heterocycles. The summed E-state index contributed by atoms with van der Waals surface area (Å²) in [6.45, 7) is 10.0. The monoisotopic (exact) mass is 276 g/mol. The molecule has 0 bridgehead atoms. The van der Waals surface area contributed by atoms with Gasteiger partial charge in [0, 0.05) is 6.61 Å². The number of hydrogen-bond donors (Lipinski definition) is 1. The largest absolute Gasteiger partial charge is 0.394 e. The van der Waals surface area contributed by atoms with Gasteiger partial charge in [0.05, 0.1) is 38.1 Å². The minimum Gasteiger partial charge on any atom is -0.394 e. The number of rotatable bonds is 13. The molecule has 0 aromatic heterocycles. The maximum absolute atomic E-state index is 8.84. The van der Waals surface area contributed by atoms with Gasteiger partial charge >= 0.3 is 0 Å². The third-order valence-electron chi connectivity index (χ3n) is 2.89. The van der Waals surface area contributed by atoms with Crippen LogP contribution in [-0.2, 0) is 14.2 Å². The zero-order chi connectivity index (χ0) is 14.5. The molecule has 0 aliphatic carbocycles. The highest BCUT2D eigenvalue weighted by Crippen LogP contribution is 2.03. The van der Waals surface area contributed by atoms with E-state index in [9.17, 15) is 0 Å². The maximum atomic E-state index is 8.84. The Morgan fingerprint density at radius 1 is 0.789 bits per heavy atom. The van der Waals surface area contributed by atoms with Crippen molar-refractivity contribution in [2.45, 2.75) is 71.7 Å². The molecule has 1 N–H and O–H groups in total. The first-order valence-corrected chi connectivity index (χ1v) is 7.55. The fourth-order valence-electron chi connectivity index (χ4n) is 1.56. The van der Waals surface area contributed by atoms with Crippen molar-refractivity contribution in [1.29, 1.82) is 0 Å². The Hall–Kier alpha value is -0.160. The van der Waals surface area contributed by atoms with E-state index in [-0.39, 0.29) is 24.9 Å². The second-order valence-corrected chi connectivity index (χ2v) is 5.21. The maximum Gasteiger partial charge on any atom is 0.0781 e. The van der Waals surface area contributed by atoms with E-state index in [0.717, 1.165) is 13.0 Å². The van der Waals surface area contributed by atoms with Gasteiger partial charge in [-0.2, -0.15) is 0 Å².